The molecule has 0 aliphatic heterocycles. The van der Waals surface area contributed by atoms with Gasteiger partial charge in [-0.1, -0.05) is 32.9 Å². The summed E-state index contributed by atoms with van der Waals surface area (Å²) >= 11 is 1.73. The van der Waals surface area contributed by atoms with Crippen LogP contribution in [-0.2, 0) is 5.75 Å². The molecule has 0 fully saturated rings. The summed E-state index contributed by atoms with van der Waals surface area (Å²) in [5, 5.41) is 0. The van der Waals surface area contributed by atoms with Crippen molar-refractivity contribution in [1.82, 2.24) is 9.97 Å². The highest BCUT2D eigenvalue weighted by molar-refractivity contribution is 7.98. The van der Waals surface area contributed by atoms with E-state index in [-0.39, 0.29) is 5.56 Å². The van der Waals surface area contributed by atoms with Gasteiger partial charge in [0.05, 0.1) is 11.4 Å². The fourth-order valence-corrected chi connectivity index (χ4v) is 2.72. The van der Waals surface area contributed by atoms with Crippen molar-refractivity contribution in [3.8, 4) is 11.3 Å². The molecule has 0 aliphatic rings. The van der Waals surface area contributed by atoms with Gasteiger partial charge < -0.3 is 10.7 Å². The van der Waals surface area contributed by atoms with Gasteiger partial charge in [-0.05, 0) is 23.3 Å². The van der Waals surface area contributed by atoms with Crippen molar-refractivity contribution in [2.24, 2.45) is 0 Å². The summed E-state index contributed by atoms with van der Waals surface area (Å²) in [6, 6.07) is 7.40. The molecular formula is C16H21N3OS. The number of nitrogens with zero attached hydrogens (tertiary/aromatic N) is 1. The first-order valence-corrected chi connectivity index (χ1v) is 8.24. The van der Waals surface area contributed by atoms with Crippen molar-refractivity contribution < 1.29 is 0 Å². The molecule has 2 aromatic rings. The van der Waals surface area contributed by atoms with Crippen LogP contribution in [0.1, 0.15) is 38.1 Å². The van der Waals surface area contributed by atoms with Crippen molar-refractivity contribution in [3.63, 3.8) is 0 Å². The number of rotatable bonds is 5. The van der Waals surface area contributed by atoms with Crippen molar-refractivity contribution in [2.75, 3.05) is 11.5 Å². The van der Waals surface area contributed by atoms with Gasteiger partial charge in [0.25, 0.3) is 5.56 Å². The molecule has 3 N–H and O–H groups in total. The number of anilines is 1. The number of H-pyrrole nitrogens is 1. The summed E-state index contributed by atoms with van der Waals surface area (Å²) in [4.78, 5) is 19.1. The van der Waals surface area contributed by atoms with Gasteiger partial charge in [0.2, 0.25) is 0 Å². The first kappa shape index (κ1) is 15.6. The Morgan fingerprint density at radius 2 is 2.10 bits per heavy atom. The molecule has 5 heteroatoms. The topological polar surface area (TPSA) is 71.8 Å². The molecule has 4 nitrogen and oxygen atoms in total. The number of hydrogen-bond acceptors (Lipinski definition) is 4. The quantitative estimate of drug-likeness (QED) is 0.830. The summed E-state index contributed by atoms with van der Waals surface area (Å²) in [6.07, 6.45) is 0. The largest absolute Gasteiger partial charge is 0.398 e. The molecule has 2 rings (SSSR count). The summed E-state index contributed by atoms with van der Waals surface area (Å²) in [5.74, 6) is 2.78. The van der Waals surface area contributed by atoms with Crippen molar-refractivity contribution in [1.29, 1.82) is 0 Å². The van der Waals surface area contributed by atoms with Gasteiger partial charge in [0, 0.05) is 17.3 Å². The van der Waals surface area contributed by atoms with E-state index in [9.17, 15) is 4.79 Å². The smallest absolute Gasteiger partial charge is 0.251 e. The van der Waals surface area contributed by atoms with Gasteiger partial charge in [0.1, 0.15) is 5.82 Å². The summed E-state index contributed by atoms with van der Waals surface area (Å²) in [6.45, 7) is 6.30. The number of nitrogens with two attached hydrogens (primary N) is 1. The number of thioether (sulfide) groups is 1. The zero-order chi connectivity index (χ0) is 15.4. The Morgan fingerprint density at radius 1 is 1.33 bits per heavy atom. The molecule has 0 aliphatic carbocycles. The van der Waals surface area contributed by atoms with Gasteiger partial charge in [-0.2, -0.15) is 11.8 Å². The van der Waals surface area contributed by atoms with Crippen LogP contribution in [0.2, 0.25) is 0 Å². The zero-order valence-electron chi connectivity index (χ0n) is 12.6. The number of nitrogen functional groups attached to an aromatic ring is 1. The molecule has 0 bridgehead atoms. The molecule has 0 atom stereocenters. The molecule has 1 aromatic carbocycles. The molecule has 112 valence electrons. The standard InChI is InChI=1S/C16H21N3OS/c1-4-21-9-15-18-14(8-16(20)19-15)11-5-6-12(10(2)3)13(17)7-11/h5-8,10H,4,9,17H2,1-3H3,(H,18,19,20). The SMILES string of the molecule is CCSCc1nc(-c2ccc(C(C)C)c(N)c2)cc(=O)[nH]1. The lowest BCUT2D eigenvalue weighted by Gasteiger charge is -2.11. The zero-order valence-corrected chi connectivity index (χ0v) is 13.5. The maximum atomic E-state index is 11.8. The van der Waals surface area contributed by atoms with E-state index in [1.54, 1.807) is 11.8 Å². The second-order valence-electron chi connectivity index (χ2n) is 5.21. The van der Waals surface area contributed by atoms with Gasteiger partial charge >= 0.3 is 0 Å². The Balaban J connectivity index is 2.39. The van der Waals surface area contributed by atoms with E-state index in [1.165, 1.54) is 6.07 Å². The number of hydrogen-bond donors (Lipinski definition) is 2. The van der Waals surface area contributed by atoms with Crippen LogP contribution in [0.3, 0.4) is 0 Å². The Hall–Kier alpha value is -1.75. The highest BCUT2D eigenvalue weighted by Crippen LogP contribution is 2.26. The normalized spacial score (nSPS) is 11.0. The van der Waals surface area contributed by atoms with E-state index in [0.29, 0.717) is 23.2 Å². The Bertz CT molecular complexity index is 679. The van der Waals surface area contributed by atoms with Crippen LogP contribution in [0.5, 0.6) is 0 Å². The van der Waals surface area contributed by atoms with Gasteiger partial charge in [0.15, 0.2) is 0 Å². The van der Waals surface area contributed by atoms with E-state index in [2.05, 4.69) is 30.7 Å². The average molecular weight is 303 g/mol. The molecular weight excluding hydrogens is 282 g/mol. The minimum Gasteiger partial charge on any atom is -0.398 e. The maximum absolute atomic E-state index is 11.8. The molecule has 21 heavy (non-hydrogen) atoms. The third-order valence-electron chi connectivity index (χ3n) is 3.24. The van der Waals surface area contributed by atoms with E-state index in [4.69, 9.17) is 5.73 Å². The van der Waals surface area contributed by atoms with Crippen LogP contribution in [0.15, 0.2) is 29.1 Å². The molecule has 1 heterocycles. The molecule has 0 amide bonds. The van der Waals surface area contributed by atoms with Crippen LogP contribution in [0, 0.1) is 0 Å². The highest BCUT2D eigenvalue weighted by Gasteiger charge is 2.08. The molecule has 1 aromatic heterocycles. The number of nitrogens with one attached hydrogen (secondary N) is 1. The van der Waals surface area contributed by atoms with E-state index < -0.39 is 0 Å². The van der Waals surface area contributed by atoms with Gasteiger partial charge in [-0.15, -0.1) is 0 Å². The minimum atomic E-state index is -0.127. The van der Waals surface area contributed by atoms with E-state index in [1.807, 2.05) is 18.2 Å². The van der Waals surface area contributed by atoms with Crippen LogP contribution < -0.4 is 11.3 Å². The summed E-state index contributed by atoms with van der Waals surface area (Å²) in [5.41, 5.74) is 9.39. The molecule has 0 saturated carbocycles. The third-order valence-corrected chi connectivity index (χ3v) is 4.12. The summed E-state index contributed by atoms with van der Waals surface area (Å²) in [7, 11) is 0. The second kappa shape index (κ2) is 6.80. The monoisotopic (exact) mass is 303 g/mol. The lowest BCUT2D eigenvalue weighted by atomic mass is 9.98. The number of aromatic nitrogens is 2. The minimum absolute atomic E-state index is 0.127. The van der Waals surface area contributed by atoms with E-state index >= 15 is 0 Å². The number of aromatic amines is 1. The van der Waals surface area contributed by atoms with Crippen LogP contribution >= 0.6 is 11.8 Å². The second-order valence-corrected chi connectivity index (χ2v) is 6.49. The first-order valence-electron chi connectivity index (χ1n) is 7.09. The van der Waals surface area contributed by atoms with Crippen molar-refractivity contribution >= 4 is 17.4 Å². The van der Waals surface area contributed by atoms with Crippen molar-refractivity contribution in [2.45, 2.75) is 32.4 Å². The first-order chi connectivity index (χ1) is 10.0. The van der Waals surface area contributed by atoms with Crippen LogP contribution in [0.4, 0.5) is 5.69 Å². The Morgan fingerprint density at radius 3 is 2.71 bits per heavy atom. The van der Waals surface area contributed by atoms with Crippen LogP contribution in [-0.4, -0.2) is 15.7 Å². The van der Waals surface area contributed by atoms with Crippen LogP contribution in [0.25, 0.3) is 11.3 Å². The fraction of sp³-hybridized carbons (Fsp3) is 0.375. The van der Waals surface area contributed by atoms with Crippen molar-refractivity contribution in [3.05, 3.63) is 46.0 Å². The summed E-state index contributed by atoms with van der Waals surface area (Å²) < 4.78 is 0. The maximum Gasteiger partial charge on any atom is 0.251 e. The molecule has 0 spiro atoms. The number of benzene rings is 1. The average Bonchev–Trinajstić information content (AvgIpc) is 2.44. The Kier molecular flexibility index (Phi) is 5.07. The predicted octanol–water partition coefficient (Wildman–Crippen LogP) is 3.40. The molecule has 0 radical (unpaired) electrons. The molecule has 0 unspecified atom stereocenters. The highest BCUT2D eigenvalue weighted by atomic mass is 32.2. The molecule has 0 saturated heterocycles. The third kappa shape index (κ3) is 3.88. The van der Waals surface area contributed by atoms with E-state index in [0.717, 1.165) is 22.6 Å². The predicted molar refractivity (Wildman–Crippen MR) is 90.6 cm³/mol. The van der Waals surface area contributed by atoms with Gasteiger partial charge in [-0.25, -0.2) is 4.98 Å². The lowest BCUT2D eigenvalue weighted by Crippen LogP contribution is -2.10. The Labute approximate surface area is 129 Å². The lowest BCUT2D eigenvalue weighted by molar-refractivity contribution is 0.870. The fourth-order valence-electron chi connectivity index (χ4n) is 2.18. The van der Waals surface area contributed by atoms with Gasteiger partial charge in [-0.3, -0.25) is 4.79 Å².